The zero-order valence-corrected chi connectivity index (χ0v) is 22.4. The molecule has 0 bridgehead atoms. The van der Waals surface area contributed by atoms with Crippen LogP contribution in [0, 0.1) is 5.82 Å². The van der Waals surface area contributed by atoms with Crippen molar-refractivity contribution in [2.45, 2.75) is 43.6 Å². The molecule has 0 aliphatic rings. The van der Waals surface area contributed by atoms with Crippen molar-refractivity contribution in [3.05, 3.63) is 93.8 Å². The Hall–Kier alpha value is -2.66. The lowest BCUT2D eigenvalue weighted by Gasteiger charge is -2.24. The van der Waals surface area contributed by atoms with Crippen LogP contribution in [-0.4, -0.2) is 37.8 Å². The summed E-state index contributed by atoms with van der Waals surface area (Å²) in [7, 11) is -3.84. The van der Waals surface area contributed by atoms with Crippen LogP contribution in [0.2, 0.25) is 5.02 Å². The quantitative estimate of drug-likeness (QED) is 0.212. The largest absolute Gasteiger partial charge is 0.493 e. The van der Waals surface area contributed by atoms with E-state index in [4.69, 9.17) is 16.3 Å². The highest BCUT2D eigenvalue weighted by atomic mass is 35.5. The SMILES string of the molecule is CC(O)c1c(F)cc(OCCCN(Cc2ccccc2)Cc2cccc(C(F)(F)F)c2Cl)cc1S(C)(=O)=O. The van der Waals surface area contributed by atoms with Gasteiger partial charge in [-0.3, -0.25) is 4.90 Å². The summed E-state index contributed by atoms with van der Waals surface area (Å²) in [5.74, 6) is -0.911. The van der Waals surface area contributed by atoms with E-state index in [1.807, 2.05) is 35.2 Å². The van der Waals surface area contributed by atoms with Crippen LogP contribution in [0.4, 0.5) is 17.6 Å². The van der Waals surface area contributed by atoms with E-state index in [0.29, 0.717) is 25.1 Å². The minimum atomic E-state index is -4.57. The molecule has 3 aromatic carbocycles. The molecule has 11 heteroatoms. The third-order valence-electron chi connectivity index (χ3n) is 5.80. The monoisotopic (exact) mass is 573 g/mol. The summed E-state index contributed by atoms with van der Waals surface area (Å²) in [5.41, 5.74) is 0.0490. The van der Waals surface area contributed by atoms with E-state index in [1.54, 1.807) is 6.07 Å². The number of halogens is 5. The number of hydrogen-bond donors (Lipinski definition) is 1. The Bertz CT molecular complexity index is 1350. The number of aliphatic hydroxyl groups excluding tert-OH is 1. The van der Waals surface area contributed by atoms with Crippen molar-refractivity contribution >= 4 is 21.4 Å². The minimum Gasteiger partial charge on any atom is -0.493 e. The van der Waals surface area contributed by atoms with Crippen molar-refractivity contribution in [3.63, 3.8) is 0 Å². The van der Waals surface area contributed by atoms with Gasteiger partial charge in [-0.15, -0.1) is 0 Å². The first-order valence-electron chi connectivity index (χ1n) is 11.7. The van der Waals surface area contributed by atoms with Gasteiger partial charge in [0.25, 0.3) is 0 Å². The average molecular weight is 574 g/mol. The van der Waals surface area contributed by atoms with E-state index in [-0.39, 0.29) is 34.4 Å². The Kier molecular flexibility index (Phi) is 9.80. The Labute approximate surface area is 224 Å². The zero-order valence-electron chi connectivity index (χ0n) is 20.8. The van der Waals surface area contributed by atoms with E-state index >= 15 is 0 Å². The van der Waals surface area contributed by atoms with Gasteiger partial charge in [0, 0.05) is 37.5 Å². The number of hydrogen-bond acceptors (Lipinski definition) is 5. The summed E-state index contributed by atoms with van der Waals surface area (Å²) in [5, 5.41) is 9.46. The summed E-state index contributed by atoms with van der Waals surface area (Å²) >= 11 is 6.11. The molecule has 0 aromatic heterocycles. The molecule has 0 saturated heterocycles. The van der Waals surface area contributed by atoms with Crippen molar-refractivity contribution in [1.82, 2.24) is 4.90 Å². The maximum atomic E-state index is 14.6. The van der Waals surface area contributed by atoms with Gasteiger partial charge in [0.15, 0.2) is 9.84 Å². The Morgan fingerprint density at radius 1 is 1.05 bits per heavy atom. The van der Waals surface area contributed by atoms with Crippen LogP contribution < -0.4 is 4.74 Å². The third kappa shape index (κ3) is 7.92. The Balaban J connectivity index is 1.75. The molecule has 1 unspecified atom stereocenters. The second kappa shape index (κ2) is 12.5. The number of sulfone groups is 1. The van der Waals surface area contributed by atoms with Crippen LogP contribution >= 0.6 is 11.6 Å². The predicted octanol–water partition coefficient (Wildman–Crippen LogP) is 6.43. The molecule has 38 heavy (non-hydrogen) atoms. The Morgan fingerprint density at radius 2 is 1.74 bits per heavy atom. The number of rotatable bonds is 11. The summed E-state index contributed by atoms with van der Waals surface area (Å²) in [6.45, 7) is 2.33. The molecular weight excluding hydrogens is 546 g/mol. The maximum Gasteiger partial charge on any atom is 0.417 e. The Morgan fingerprint density at radius 3 is 2.34 bits per heavy atom. The number of nitrogens with zero attached hydrogens (tertiary/aromatic N) is 1. The lowest BCUT2D eigenvalue weighted by Crippen LogP contribution is -2.26. The second-order valence-electron chi connectivity index (χ2n) is 8.94. The standard InChI is InChI=1S/C27H28ClF4NO4S/c1-18(34)25-23(29)14-21(15-24(25)38(2,35)36)37-13-7-12-33(16-19-8-4-3-5-9-19)17-20-10-6-11-22(26(20)28)27(30,31)32/h3-6,8-11,14-15,18,34H,7,12-13,16-17H2,1-2H3. The normalized spacial score (nSPS) is 13.1. The van der Waals surface area contributed by atoms with E-state index in [0.717, 1.165) is 24.0 Å². The third-order valence-corrected chi connectivity index (χ3v) is 7.38. The lowest BCUT2D eigenvalue weighted by molar-refractivity contribution is -0.137. The molecule has 0 saturated carbocycles. The molecule has 206 valence electrons. The molecule has 0 radical (unpaired) electrons. The first-order chi connectivity index (χ1) is 17.8. The summed E-state index contributed by atoms with van der Waals surface area (Å²) < 4.78 is 84.4. The highest BCUT2D eigenvalue weighted by Gasteiger charge is 2.34. The molecule has 1 N–H and O–H groups in total. The highest BCUT2D eigenvalue weighted by Crippen LogP contribution is 2.36. The van der Waals surface area contributed by atoms with Crippen LogP contribution in [-0.2, 0) is 29.1 Å². The topological polar surface area (TPSA) is 66.8 Å². The van der Waals surface area contributed by atoms with E-state index < -0.39 is 33.5 Å². The van der Waals surface area contributed by atoms with Crippen LogP contribution in [0.5, 0.6) is 5.75 Å². The second-order valence-corrected chi connectivity index (χ2v) is 11.3. The molecular formula is C27H28ClF4NO4S. The van der Waals surface area contributed by atoms with Crippen molar-refractivity contribution < 1.29 is 35.8 Å². The lowest BCUT2D eigenvalue weighted by atomic mass is 10.1. The highest BCUT2D eigenvalue weighted by molar-refractivity contribution is 7.90. The van der Waals surface area contributed by atoms with Crippen molar-refractivity contribution in [2.75, 3.05) is 19.4 Å². The molecule has 3 rings (SSSR count). The smallest absolute Gasteiger partial charge is 0.417 e. The van der Waals surface area contributed by atoms with Crippen LogP contribution in [0.15, 0.2) is 65.6 Å². The van der Waals surface area contributed by atoms with E-state index in [1.165, 1.54) is 19.1 Å². The molecule has 0 fully saturated rings. The fraction of sp³-hybridized carbons (Fsp3) is 0.333. The predicted molar refractivity (Wildman–Crippen MR) is 137 cm³/mol. The molecule has 3 aromatic rings. The van der Waals surface area contributed by atoms with Crippen molar-refractivity contribution in [1.29, 1.82) is 0 Å². The van der Waals surface area contributed by atoms with Gasteiger partial charge in [0.1, 0.15) is 11.6 Å². The van der Waals surface area contributed by atoms with Gasteiger partial charge < -0.3 is 9.84 Å². The maximum absolute atomic E-state index is 14.6. The van der Waals surface area contributed by atoms with E-state index in [2.05, 4.69) is 0 Å². The van der Waals surface area contributed by atoms with E-state index in [9.17, 15) is 31.1 Å². The van der Waals surface area contributed by atoms with Crippen LogP contribution in [0.25, 0.3) is 0 Å². The molecule has 0 amide bonds. The summed E-state index contributed by atoms with van der Waals surface area (Å²) in [6, 6.07) is 15.4. The molecule has 5 nitrogen and oxygen atoms in total. The first kappa shape index (κ1) is 29.9. The van der Waals surface area contributed by atoms with Crippen LogP contribution in [0.1, 0.15) is 41.7 Å². The number of alkyl halides is 3. The van der Waals surface area contributed by atoms with Gasteiger partial charge in [0.05, 0.1) is 28.2 Å². The summed E-state index contributed by atoms with van der Waals surface area (Å²) in [4.78, 5) is 1.56. The van der Waals surface area contributed by atoms with Crippen LogP contribution in [0.3, 0.4) is 0 Å². The molecule has 0 heterocycles. The molecule has 0 aliphatic heterocycles. The van der Waals surface area contributed by atoms with Crippen molar-refractivity contribution in [3.8, 4) is 5.75 Å². The molecule has 1 atom stereocenters. The van der Waals surface area contributed by atoms with Gasteiger partial charge in [-0.05, 0) is 36.6 Å². The number of benzene rings is 3. The fourth-order valence-electron chi connectivity index (χ4n) is 4.06. The molecule has 0 spiro atoms. The van der Waals surface area contributed by atoms with Gasteiger partial charge in [-0.2, -0.15) is 13.2 Å². The first-order valence-corrected chi connectivity index (χ1v) is 14.0. The average Bonchev–Trinajstić information content (AvgIpc) is 2.81. The van der Waals surface area contributed by atoms with Gasteiger partial charge in [0.2, 0.25) is 0 Å². The minimum absolute atomic E-state index is 0.0112. The van der Waals surface area contributed by atoms with Crippen molar-refractivity contribution in [2.24, 2.45) is 0 Å². The zero-order chi connectivity index (χ0) is 28.1. The number of aliphatic hydroxyl groups is 1. The van der Waals surface area contributed by atoms with Gasteiger partial charge in [-0.25, -0.2) is 12.8 Å². The summed E-state index contributed by atoms with van der Waals surface area (Å²) in [6.07, 6.45) is -4.59. The van der Waals surface area contributed by atoms with Gasteiger partial charge in [-0.1, -0.05) is 54.1 Å². The fourth-order valence-corrected chi connectivity index (χ4v) is 5.35. The number of ether oxygens (including phenoxy) is 1. The molecule has 0 aliphatic carbocycles. The van der Waals surface area contributed by atoms with Gasteiger partial charge >= 0.3 is 6.18 Å².